The number of nitrogens with one attached hydrogen (secondary N) is 2. The molecule has 2 fully saturated rings. The van der Waals surface area contributed by atoms with Gasteiger partial charge < -0.3 is 34.6 Å². The highest BCUT2D eigenvalue weighted by molar-refractivity contribution is 7.81. The van der Waals surface area contributed by atoms with E-state index in [0.717, 1.165) is 55.8 Å². The van der Waals surface area contributed by atoms with Gasteiger partial charge in [0.1, 0.15) is 18.4 Å². The zero-order valence-electron chi connectivity index (χ0n) is 42.0. The summed E-state index contributed by atoms with van der Waals surface area (Å²) in [6.07, 6.45) is -3.81. The van der Waals surface area contributed by atoms with Gasteiger partial charge in [-0.3, -0.25) is 24.7 Å². The van der Waals surface area contributed by atoms with E-state index in [4.69, 9.17) is 26.4 Å². The molecule has 4 aromatic rings. The monoisotopic (exact) mass is 1060 g/mol. The summed E-state index contributed by atoms with van der Waals surface area (Å²) in [5.74, 6) is -3.80. The average Bonchev–Trinajstić information content (AvgIpc) is 3.97. The molecule has 2 aliphatic rings. The van der Waals surface area contributed by atoms with Crippen molar-refractivity contribution in [3.05, 3.63) is 94.1 Å². The number of aliphatic hydroxyl groups is 2. The summed E-state index contributed by atoms with van der Waals surface area (Å²) in [5.41, 5.74) is 0.700. The number of carbonyl (C=O) groups is 2. The van der Waals surface area contributed by atoms with Gasteiger partial charge in [-0.2, -0.15) is 18.4 Å². The number of thiocarbonyl (C=S) groups is 1. The molecule has 0 radical (unpaired) electrons. The zero-order valence-corrected chi connectivity index (χ0v) is 43.7. The second-order valence-electron chi connectivity index (χ2n) is 19.9. The van der Waals surface area contributed by atoms with Crippen molar-refractivity contribution in [2.24, 2.45) is 5.41 Å². The van der Waals surface area contributed by atoms with Crippen molar-refractivity contribution in [1.82, 2.24) is 20.5 Å². The summed E-state index contributed by atoms with van der Waals surface area (Å²) in [6, 6.07) is 13.4. The maximum Gasteiger partial charge on any atom is 0.417 e. The zero-order chi connectivity index (χ0) is 53.4. The molecule has 1 unspecified atom stereocenters. The van der Waals surface area contributed by atoms with Crippen LogP contribution in [0, 0.1) is 35.3 Å². The van der Waals surface area contributed by atoms with E-state index in [0.29, 0.717) is 64.5 Å². The van der Waals surface area contributed by atoms with Gasteiger partial charge in [-0.1, -0.05) is 45.0 Å². The number of rotatable bonds is 23. The summed E-state index contributed by atoms with van der Waals surface area (Å²) < 4.78 is 88.6. The van der Waals surface area contributed by atoms with E-state index in [1.54, 1.807) is 11.3 Å². The number of thiazole rings is 1. The number of anilines is 2. The van der Waals surface area contributed by atoms with E-state index < -0.39 is 58.5 Å². The first-order valence-corrected chi connectivity index (χ1v) is 25.4. The smallest absolute Gasteiger partial charge is 0.417 e. The normalized spacial score (nSPS) is 18.5. The number of unbranched alkanes of at least 4 members (excludes halogenated alkanes) is 2. The molecule has 0 aliphatic carbocycles. The molecular weight excluding hydrogens is 994 g/mol. The van der Waals surface area contributed by atoms with E-state index in [1.165, 1.54) is 19.9 Å². The Morgan fingerprint density at radius 3 is 2.27 bits per heavy atom. The number of nitrogens with zero attached hydrogens (tertiary/aromatic N) is 5. The third-order valence-corrected chi connectivity index (χ3v) is 14.4. The number of benzene rings is 3. The number of aromatic nitrogens is 1. The first kappa shape index (κ1) is 57.1. The number of carbonyl (C=O) groups excluding carboxylic acids is 2. The lowest BCUT2D eigenvalue weighted by atomic mass is 9.86. The van der Waals surface area contributed by atoms with Gasteiger partial charge in [-0.15, -0.1) is 11.3 Å². The molecule has 3 aromatic carbocycles. The minimum Gasteiger partial charge on any atom is -0.488 e. The summed E-state index contributed by atoms with van der Waals surface area (Å²) in [7, 11) is 0. The number of β-amino-alcohol motifs (C(OH)–C–C–N with tert-alkyl or cyclic N) is 1. The number of hydrogen-bond donors (Lipinski definition) is 4. The van der Waals surface area contributed by atoms with Gasteiger partial charge in [-0.25, -0.2) is 13.8 Å². The van der Waals surface area contributed by atoms with Gasteiger partial charge in [0.25, 0.3) is 5.91 Å². The molecule has 2 amide bonds. The number of aryl methyl sites for hydroxylation is 1. The molecule has 2 aliphatic heterocycles. The molecule has 396 valence electrons. The van der Waals surface area contributed by atoms with Crippen LogP contribution >= 0.6 is 23.6 Å². The van der Waals surface area contributed by atoms with Crippen LogP contribution in [0.3, 0.4) is 0 Å². The molecule has 3 heterocycles. The Morgan fingerprint density at radius 2 is 1.64 bits per heavy atom. The van der Waals surface area contributed by atoms with Crippen molar-refractivity contribution < 1.29 is 56.0 Å². The fraction of sp³-hybridized carbons (Fsp3) is 0.519. The molecule has 73 heavy (non-hydrogen) atoms. The van der Waals surface area contributed by atoms with Crippen molar-refractivity contribution in [2.45, 2.75) is 123 Å². The first-order valence-electron chi connectivity index (χ1n) is 24.2. The van der Waals surface area contributed by atoms with Gasteiger partial charge in [0.15, 0.2) is 22.5 Å². The topological polar surface area (TPSA) is 173 Å². The Morgan fingerprint density at radius 1 is 0.986 bits per heavy atom. The maximum atomic E-state index is 15.4. The van der Waals surface area contributed by atoms with E-state index in [1.807, 2.05) is 57.2 Å². The Bertz CT molecular complexity index is 2580. The largest absolute Gasteiger partial charge is 0.488 e. The number of likely N-dealkylation sites (tertiary alicyclic amines) is 1. The highest BCUT2D eigenvalue weighted by atomic mass is 32.1. The lowest BCUT2D eigenvalue weighted by molar-refractivity contribution is -0.137. The standard InChI is InChI=1S/C52H64F5N7O7S2/c1-31(33-12-14-34(15-13-33)46-32(2)59-30-73-46)60-47(67)42-25-38(65)27-62(42)28-43(50(3,4)5)61-44(66)29-70-20-11-19-69-18-9-8-10-21-71-45-40(53)23-37(24-41(45)54)64-49(72)63(48(68)51(64,6)7)36-17-16-35(26-58)39(22-36)52(55,56)57/h12-17,22-24,30-31,38,42-43,47,60,65,67H,8-11,18-21,25,27-29H2,1-7H3,(H,61,66)/t31-,38+,42-,43+,47?/m0/s1. The van der Waals surface area contributed by atoms with Gasteiger partial charge in [0.2, 0.25) is 5.91 Å². The molecule has 6 rings (SSSR count). The van der Waals surface area contributed by atoms with Crippen LogP contribution in [-0.2, 0) is 25.2 Å². The number of amides is 2. The number of ether oxygens (including phenoxy) is 3. The van der Waals surface area contributed by atoms with Crippen molar-refractivity contribution >= 4 is 51.9 Å². The van der Waals surface area contributed by atoms with Crippen LogP contribution in [-0.4, -0.2) is 113 Å². The first-order chi connectivity index (χ1) is 34.4. The predicted octanol–water partition coefficient (Wildman–Crippen LogP) is 8.81. The van der Waals surface area contributed by atoms with Crippen molar-refractivity contribution in [3.63, 3.8) is 0 Å². The van der Waals surface area contributed by atoms with Gasteiger partial charge in [-0.05, 0) is 107 Å². The quantitative estimate of drug-likeness (QED) is 0.0241. The Hall–Kier alpha value is -5.18. The number of hydrogen-bond acceptors (Lipinski definition) is 13. The van der Waals surface area contributed by atoms with Gasteiger partial charge >= 0.3 is 6.18 Å². The second kappa shape index (κ2) is 24.4. The van der Waals surface area contributed by atoms with Gasteiger partial charge in [0, 0.05) is 57.1 Å². The molecule has 21 heteroatoms. The number of nitriles is 1. The highest BCUT2D eigenvalue weighted by Crippen LogP contribution is 2.41. The molecule has 1 aromatic heterocycles. The van der Waals surface area contributed by atoms with Crippen LogP contribution in [0.25, 0.3) is 10.4 Å². The number of alkyl halides is 3. The van der Waals surface area contributed by atoms with E-state index in [-0.39, 0.29) is 65.8 Å². The van der Waals surface area contributed by atoms with Crippen LogP contribution < -0.4 is 25.2 Å². The highest BCUT2D eigenvalue weighted by Gasteiger charge is 2.51. The van der Waals surface area contributed by atoms with Crippen LogP contribution in [0.5, 0.6) is 5.75 Å². The summed E-state index contributed by atoms with van der Waals surface area (Å²) in [5, 5.41) is 37.4. The summed E-state index contributed by atoms with van der Waals surface area (Å²) in [4.78, 5) is 36.1. The molecule has 0 spiro atoms. The van der Waals surface area contributed by atoms with Crippen LogP contribution in [0.1, 0.15) is 102 Å². The number of aliphatic hydroxyl groups excluding tert-OH is 2. The molecule has 14 nitrogen and oxygen atoms in total. The van der Waals surface area contributed by atoms with Gasteiger partial charge in [0.05, 0.1) is 63.4 Å². The third-order valence-electron chi connectivity index (χ3n) is 13.0. The second-order valence-corrected chi connectivity index (χ2v) is 21.2. The maximum absolute atomic E-state index is 15.4. The third kappa shape index (κ3) is 14.2. The van der Waals surface area contributed by atoms with Crippen molar-refractivity contribution in [1.29, 1.82) is 5.26 Å². The fourth-order valence-electron chi connectivity index (χ4n) is 8.88. The SMILES string of the molecule is Cc1ncsc1-c1ccc([C@H](C)NC(O)[C@@H]2C[C@@H](O)CN2C[C@@H](NC(=O)COCCCOCCCCCOc2c(F)cc(N3C(=S)N(c4ccc(C#N)c(C(F)(F)F)c4)C(=O)C3(C)C)cc2F)C(C)(C)C)cc1. The molecule has 5 atom stereocenters. The molecule has 4 N–H and O–H groups in total. The summed E-state index contributed by atoms with van der Waals surface area (Å²) in [6.45, 7) is 14.6. The van der Waals surface area contributed by atoms with Crippen LogP contribution in [0.15, 0.2) is 60.1 Å². The fourth-order valence-corrected chi connectivity index (χ4v) is 10.2. The Labute approximate surface area is 432 Å². The minimum atomic E-state index is -4.89. The lowest BCUT2D eigenvalue weighted by Crippen LogP contribution is -2.55. The Kier molecular flexibility index (Phi) is 19.1. The van der Waals surface area contributed by atoms with Crippen LogP contribution in [0.4, 0.5) is 33.3 Å². The van der Waals surface area contributed by atoms with Crippen LogP contribution in [0.2, 0.25) is 0 Å². The van der Waals surface area contributed by atoms with E-state index in [9.17, 15) is 38.2 Å². The van der Waals surface area contributed by atoms with Crippen molar-refractivity contribution in [2.75, 3.05) is 55.9 Å². The number of halogens is 5. The molecular formula is C52H64F5N7O7S2. The molecule has 2 saturated heterocycles. The Balaban J connectivity index is 0.869. The average molecular weight is 1060 g/mol. The van der Waals surface area contributed by atoms with Crippen molar-refractivity contribution in [3.8, 4) is 22.3 Å². The lowest BCUT2D eigenvalue weighted by Gasteiger charge is -2.38. The van der Waals surface area contributed by atoms with E-state index in [2.05, 4.69) is 27.8 Å². The minimum absolute atomic E-state index is 0.0108. The molecule has 0 saturated carbocycles. The predicted molar refractivity (Wildman–Crippen MR) is 272 cm³/mol. The van der Waals surface area contributed by atoms with E-state index >= 15 is 8.78 Å². The summed E-state index contributed by atoms with van der Waals surface area (Å²) >= 11 is 7.07. The molecule has 0 bridgehead atoms.